The van der Waals surface area contributed by atoms with Gasteiger partial charge in [0.1, 0.15) is 0 Å². The summed E-state index contributed by atoms with van der Waals surface area (Å²) in [4.78, 5) is 30.8. The third kappa shape index (κ3) is 3.93. The molecule has 0 radical (unpaired) electrons. The standard InChI is InChI=1S/C21H25N3O2/c1-3-15(2)18-6-4-5-7-19(18)24-14-17(12-20(24)25)21(26)23-13-16-8-10-22-11-9-16/h4-11,15,17H,3,12-14H2,1-2H3,(H,23,26). The van der Waals surface area contributed by atoms with Crippen molar-refractivity contribution in [3.8, 4) is 0 Å². The lowest BCUT2D eigenvalue weighted by Crippen LogP contribution is -2.32. The van der Waals surface area contributed by atoms with Crippen LogP contribution in [0, 0.1) is 5.92 Å². The maximum absolute atomic E-state index is 12.6. The maximum Gasteiger partial charge on any atom is 0.227 e. The first-order valence-corrected chi connectivity index (χ1v) is 9.16. The Morgan fingerprint density at radius 1 is 1.27 bits per heavy atom. The van der Waals surface area contributed by atoms with Gasteiger partial charge in [0.15, 0.2) is 0 Å². The Morgan fingerprint density at radius 2 is 2.00 bits per heavy atom. The molecule has 2 unspecified atom stereocenters. The van der Waals surface area contributed by atoms with Crippen molar-refractivity contribution in [2.75, 3.05) is 11.4 Å². The Labute approximate surface area is 154 Å². The van der Waals surface area contributed by atoms with Gasteiger partial charge in [-0.15, -0.1) is 0 Å². The van der Waals surface area contributed by atoms with Crippen molar-refractivity contribution in [3.63, 3.8) is 0 Å². The molecule has 1 saturated heterocycles. The third-order valence-corrected chi connectivity index (χ3v) is 5.08. The molecule has 1 N–H and O–H groups in total. The van der Waals surface area contributed by atoms with Crippen LogP contribution in [-0.2, 0) is 16.1 Å². The first kappa shape index (κ1) is 18.1. The Bertz CT molecular complexity index is 776. The minimum Gasteiger partial charge on any atom is -0.352 e. The monoisotopic (exact) mass is 351 g/mol. The molecule has 26 heavy (non-hydrogen) atoms. The molecule has 0 spiro atoms. The van der Waals surface area contributed by atoms with E-state index in [1.807, 2.05) is 30.3 Å². The molecule has 5 heteroatoms. The molecule has 2 heterocycles. The molecule has 0 saturated carbocycles. The van der Waals surface area contributed by atoms with E-state index in [2.05, 4.69) is 30.2 Å². The number of nitrogens with zero attached hydrogens (tertiary/aromatic N) is 2. The zero-order valence-electron chi connectivity index (χ0n) is 15.3. The lowest BCUT2D eigenvalue weighted by atomic mass is 9.96. The second kappa shape index (κ2) is 8.13. The minimum atomic E-state index is -0.311. The highest BCUT2D eigenvalue weighted by Crippen LogP contribution is 2.33. The number of carbonyl (C=O) groups excluding carboxylic acids is 2. The molecule has 0 aliphatic carbocycles. The highest BCUT2D eigenvalue weighted by Gasteiger charge is 2.36. The van der Waals surface area contributed by atoms with Crippen LogP contribution in [0.15, 0.2) is 48.8 Å². The number of aromatic nitrogens is 1. The highest BCUT2D eigenvalue weighted by molar-refractivity contribution is 6.00. The van der Waals surface area contributed by atoms with E-state index in [4.69, 9.17) is 0 Å². The molecular weight excluding hydrogens is 326 g/mol. The molecule has 2 atom stereocenters. The van der Waals surface area contributed by atoms with Gasteiger partial charge in [0.05, 0.1) is 5.92 Å². The lowest BCUT2D eigenvalue weighted by Gasteiger charge is -2.23. The van der Waals surface area contributed by atoms with Crippen LogP contribution in [0.3, 0.4) is 0 Å². The van der Waals surface area contributed by atoms with Crippen LogP contribution in [0.4, 0.5) is 5.69 Å². The van der Waals surface area contributed by atoms with Gasteiger partial charge in [-0.1, -0.05) is 32.0 Å². The minimum absolute atomic E-state index is 0.0183. The van der Waals surface area contributed by atoms with Crippen LogP contribution in [0.25, 0.3) is 0 Å². The molecule has 0 bridgehead atoms. The van der Waals surface area contributed by atoms with Crippen LogP contribution in [0.2, 0.25) is 0 Å². The number of benzene rings is 1. The summed E-state index contributed by atoms with van der Waals surface area (Å²) in [7, 11) is 0. The van der Waals surface area contributed by atoms with Crippen LogP contribution in [0.5, 0.6) is 0 Å². The quantitative estimate of drug-likeness (QED) is 0.869. The van der Waals surface area contributed by atoms with Crippen molar-refractivity contribution in [3.05, 3.63) is 59.9 Å². The predicted molar refractivity (Wildman–Crippen MR) is 102 cm³/mol. The number of hydrogen-bond acceptors (Lipinski definition) is 3. The SMILES string of the molecule is CCC(C)c1ccccc1N1CC(C(=O)NCc2ccncc2)CC1=O. The fourth-order valence-electron chi connectivity index (χ4n) is 3.32. The number of amides is 2. The highest BCUT2D eigenvalue weighted by atomic mass is 16.2. The smallest absolute Gasteiger partial charge is 0.227 e. The number of para-hydroxylation sites is 1. The largest absolute Gasteiger partial charge is 0.352 e. The van der Waals surface area contributed by atoms with E-state index >= 15 is 0 Å². The second-order valence-electron chi connectivity index (χ2n) is 6.85. The van der Waals surface area contributed by atoms with Crippen LogP contribution >= 0.6 is 0 Å². The summed E-state index contributed by atoms with van der Waals surface area (Å²) < 4.78 is 0. The van der Waals surface area contributed by atoms with E-state index in [1.165, 1.54) is 5.56 Å². The van der Waals surface area contributed by atoms with Gasteiger partial charge in [-0.2, -0.15) is 0 Å². The Morgan fingerprint density at radius 3 is 2.73 bits per heavy atom. The fraction of sp³-hybridized carbons (Fsp3) is 0.381. The molecule has 136 valence electrons. The number of pyridine rings is 1. The third-order valence-electron chi connectivity index (χ3n) is 5.08. The molecule has 2 aromatic rings. The molecule has 3 rings (SSSR count). The number of rotatable bonds is 6. The van der Waals surface area contributed by atoms with Gasteiger partial charge in [-0.05, 0) is 41.7 Å². The average Bonchev–Trinajstić information content (AvgIpc) is 3.08. The van der Waals surface area contributed by atoms with E-state index in [0.29, 0.717) is 19.0 Å². The van der Waals surface area contributed by atoms with Crippen molar-refractivity contribution in [1.82, 2.24) is 10.3 Å². The van der Waals surface area contributed by atoms with Gasteiger partial charge in [0, 0.05) is 37.6 Å². The van der Waals surface area contributed by atoms with Crippen molar-refractivity contribution < 1.29 is 9.59 Å². The Hall–Kier alpha value is -2.69. The van der Waals surface area contributed by atoms with Crippen LogP contribution in [0.1, 0.15) is 43.7 Å². The van der Waals surface area contributed by atoms with Gasteiger partial charge in [-0.25, -0.2) is 0 Å². The summed E-state index contributed by atoms with van der Waals surface area (Å²) in [6.07, 6.45) is 4.67. The summed E-state index contributed by atoms with van der Waals surface area (Å²) in [5.41, 5.74) is 3.11. The van der Waals surface area contributed by atoms with Gasteiger partial charge < -0.3 is 10.2 Å². The maximum atomic E-state index is 12.6. The molecule has 1 fully saturated rings. The van der Waals surface area contributed by atoms with Gasteiger partial charge in [0.25, 0.3) is 0 Å². The molecule has 1 aromatic heterocycles. The van der Waals surface area contributed by atoms with Crippen LogP contribution in [-0.4, -0.2) is 23.3 Å². The van der Waals surface area contributed by atoms with Crippen LogP contribution < -0.4 is 10.2 Å². The van der Waals surface area contributed by atoms with E-state index in [9.17, 15) is 9.59 Å². The molecule has 1 aliphatic rings. The molecule has 1 aromatic carbocycles. The molecule has 5 nitrogen and oxygen atoms in total. The topological polar surface area (TPSA) is 62.3 Å². The zero-order chi connectivity index (χ0) is 18.5. The van der Waals surface area contributed by atoms with E-state index in [1.54, 1.807) is 17.3 Å². The van der Waals surface area contributed by atoms with Crippen molar-refractivity contribution in [2.45, 2.75) is 39.2 Å². The zero-order valence-corrected chi connectivity index (χ0v) is 15.3. The number of carbonyl (C=O) groups is 2. The van der Waals surface area contributed by atoms with Gasteiger partial charge in [-0.3, -0.25) is 14.6 Å². The predicted octanol–water partition coefficient (Wildman–Crippen LogP) is 3.26. The van der Waals surface area contributed by atoms with E-state index in [-0.39, 0.29) is 24.2 Å². The fourth-order valence-corrected chi connectivity index (χ4v) is 3.32. The van der Waals surface area contributed by atoms with Gasteiger partial charge >= 0.3 is 0 Å². The molecule has 1 aliphatic heterocycles. The van der Waals surface area contributed by atoms with E-state index < -0.39 is 0 Å². The lowest BCUT2D eigenvalue weighted by molar-refractivity contribution is -0.126. The Kier molecular flexibility index (Phi) is 5.66. The average molecular weight is 351 g/mol. The Balaban J connectivity index is 1.68. The second-order valence-corrected chi connectivity index (χ2v) is 6.85. The normalized spacial score (nSPS) is 18.0. The van der Waals surface area contributed by atoms with Crippen molar-refractivity contribution in [2.24, 2.45) is 5.92 Å². The van der Waals surface area contributed by atoms with Crippen molar-refractivity contribution >= 4 is 17.5 Å². The summed E-state index contributed by atoms with van der Waals surface area (Å²) in [6, 6.07) is 11.8. The first-order valence-electron chi connectivity index (χ1n) is 9.16. The molecular formula is C21H25N3O2. The number of anilines is 1. The summed E-state index contributed by atoms with van der Waals surface area (Å²) in [5, 5.41) is 2.94. The first-order chi connectivity index (χ1) is 12.6. The molecule has 2 amide bonds. The summed E-state index contributed by atoms with van der Waals surface area (Å²) in [5.74, 6) is 0.0105. The van der Waals surface area contributed by atoms with E-state index in [0.717, 1.165) is 17.7 Å². The van der Waals surface area contributed by atoms with Crippen molar-refractivity contribution in [1.29, 1.82) is 0 Å². The number of nitrogens with one attached hydrogen (secondary N) is 1. The summed E-state index contributed by atoms with van der Waals surface area (Å²) in [6.45, 7) is 5.20. The number of hydrogen-bond donors (Lipinski definition) is 1. The summed E-state index contributed by atoms with van der Waals surface area (Å²) >= 11 is 0. The van der Waals surface area contributed by atoms with Gasteiger partial charge in [0.2, 0.25) is 11.8 Å².